The van der Waals surface area contributed by atoms with Crippen molar-refractivity contribution in [2.75, 3.05) is 11.7 Å². The van der Waals surface area contributed by atoms with Crippen molar-refractivity contribution in [2.24, 2.45) is 0 Å². The number of ether oxygens (including phenoxy) is 2. The number of barbiturate groups is 1. The Labute approximate surface area is 155 Å². The predicted octanol–water partition coefficient (Wildman–Crippen LogP) is 2.70. The van der Waals surface area contributed by atoms with Gasteiger partial charge in [-0.05, 0) is 55.3 Å². The molecule has 136 valence electrons. The van der Waals surface area contributed by atoms with E-state index in [-0.39, 0.29) is 12.4 Å². The van der Waals surface area contributed by atoms with Crippen LogP contribution in [0.5, 0.6) is 11.5 Å². The average Bonchev–Trinajstić information content (AvgIpc) is 3.07. The van der Waals surface area contributed by atoms with Gasteiger partial charge >= 0.3 is 6.03 Å². The minimum atomic E-state index is -0.770. The number of fused-ring (bicyclic) bond motifs is 1. The summed E-state index contributed by atoms with van der Waals surface area (Å²) in [7, 11) is 0. The number of anilines is 1. The van der Waals surface area contributed by atoms with E-state index in [1.807, 2.05) is 13.8 Å². The second-order valence-electron chi connectivity index (χ2n) is 6.36. The van der Waals surface area contributed by atoms with Crippen LogP contribution in [0.25, 0.3) is 6.08 Å². The molecular weight excluding hydrogens is 348 g/mol. The topological polar surface area (TPSA) is 84.9 Å². The van der Waals surface area contributed by atoms with Gasteiger partial charge in [-0.2, -0.15) is 0 Å². The first kappa shape index (κ1) is 16.8. The molecule has 2 aromatic carbocycles. The van der Waals surface area contributed by atoms with Gasteiger partial charge < -0.3 is 9.47 Å². The highest BCUT2D eigenvalue weighted by atomic mass is 16.7. The van der Waals surface area contributed by atoms with E-state index < -0.39 is 17.8 Å². The van der Waals surface area contributed by atoms with Crippen LogP contribution in [0, 0.1) is 13.8 Å². The Morgan fingerprint density at radius 1 is 1.00 bits per heavy atom. The molecule has 7 heteroatoms. The molecule has 2 aliphatic rings. The maximum absolute atomic E-state index is 12.9. The maximum Gasteiger partial charge on any atom is 0.335 e. The number of rotatable bonds is 2. The van der Waals surface area contributed by atoms with E-state index in [1.165, 1.54) is 6.08 Å². The van der Waals surface area contributed by atoms with Crippen molar-refractivity contribution in [2.45, 2.75) is 13.8 Å². The number of nitrogens with one attached hydrogen (secondary N) is 1. The molecule has 4 rings (SSSR count). The third kappa shape index (κ3) is 2.93. The van der Waals surface area contributed by atoms with Crippen LogP contribution in [0.15, 0.2) is 42.0 Å². The second kappa shape index (κ2) is 6.28. The molecule has 0 aliphatic carbocycles. The molecule has 2 heterocycles. The molecule has 0 unspecified atom stereocenters. The molecule has 1 N–H and O–H groups in total. The fourth-order valence-electron chi connectivity index (χ4n) is 2.96. The van der Waals surface area contributed by atoms with Crippen LogP contribution in [0.1, 0.15) is 16.7 Å². The van der Waals surface area contributed by atoms with Gasteiger partial charge in [-0.1, -0.05) is 17.7 Å². The van der Waals surface area contributed by atoms with Crippen LogP contribution in [-0.4, -0.2) is 24.6 Å². The highest BCUT2D eigenvalue weighted by molar-refractivity contribution is 6.39. The zero-order valence-electron chi connectivity index (χ0n) is 14.7. The number of carbonyl (C=O) groups is 3. The summed E-state index contributed by atoms with van der Waals surface area (Å²) in [6.07, 6.45) is 1.46. The number of imide groups is 2. The molecule has 0 aromatic heterocycles. The lowest BCUT2D eigenvalue weighted by Gasteiger charge is -2.26. The fraction of sp³-hybridized carbons (Fsp3) is 0.150. The van der Waals surface area contributed by atoms with Crippen LogP contribution in [-0.2, 0) is 9.59 Å². The third-order valence-electron chi connectivity index (χ3n) is 4.45. The monoisotopic (exact) mass is 364 g/mol. The maximum atomic E-state index is 12.9. The second-order valence-corrected chi connectivity index (χ2v) is 6.36. The van der Waals surface area contributed by atoms with E-state index in [0.717, 1.165) is 16.0 Å². The van der Waals surface area contributed by atoms with Gasteiger partial charge in [0.25, 0.3) is 11.8 Å². The summed E-state index contributed by atoms with van der Waals surface area (Å²) in [6, 6.07) is 9.61. The van der Waals surface area contributed by atoms with Crippen LogP contribution < -0.4 is 19.7 Å². The highest BCUT2D eigenvalue weighted by Crippen LogP contribution is 2.35. The standard InChI is InChI=1S/C20H16N2O5/c1-11-3-5-14(6-4-11)22-19(24)15(18(23)21-20(22)25)8-13-9-17-16(7-12(13)2)26-10-27-17/h3-9H,10H2,1-2H3,(H,21,23,25)/b15-8+. The third-order valence-corrected chi connectivity index (χ3v) is 4.45. The van der Waals surface area contributed by atoms with E-state index in [2.05, 4.69) is 5.32 Å². The van der Waals surface area contributed by atoms with Gasteiger partial charge in [0.1, 0.15) is 5.57 Å². The smallest absolute Gasteiger partial charge is 0.335 e. The number of carbonyl (C=O) groups excluding carboxylic acids is 3. The Morgan fingerprint density at radius 3 is 2.37 bits per heavy atom. The van der Waals surface area contributed by atoms with E-state index in [1.54, 1.807) is 36.4 Å². The minimum Gasteiger partial charge on any atom is -0.454 e. The van der Waals surface area contributed by atoms with Crippen molar-refractivity contribution in [1.82, 2.24) is 5.32 Å². The molecule has 0 spiro atoms. The molecule has 7 nitrogen and oxygen atoms in total. The number of amides is 4. The number of nitrogens with zero attached hydrogens (tertiary/aromatic N) is 1. The summed E-state index contributed by atoms with van der Waals surface area (Å²) >= 11 is 0. The highest BCUT2D eigenvalue weighted by Gasteiger charge is 2.37. The first-order valence-corrected chi connectivity index (χ1v) is 8.32. The van der Waals surface area contributed by atoms with Crippen LogP contribution >= 0.6 is 0 Å². The normalized spacial score (nSPS) is 17.5. The van der Waals surface area contributed by atoms with Crippen LogP contribution in [0.4, 0.5) is 10.5 Å². The van der Waals surface area contributed by atoms with Crippen molar-refractivity contribution >= 4 is 29.6 Å². The molecule has 4 amide bonds. The molecule has 27 heavy (non-hydrogen) atoms. The van der Waals surface area contributed by atoms with Gasteiger partial charge in [0.05, 0.1) is 5.69 Å². The summed E-state index contributed by atoms with van der Waals surface area (Å²) in [5.74, 6) is -0.247. The summed E-state index contributed by atoms with van der Waals surface area (Å²) in [6.45, 7) is 3.87. The van der Waals surface area contributed by atoms with Gasteiger partial charge in [-0.15, -0.1) is 0 Å². The predicted molar refractivity (Wildman–Crippen MR) is 97.5 cm³/mol. The first-order chi connectivity index (χ1) is 12.9. The largest absolute Gasteiger partial charge is 0.454 e. The molecule has 2 aliphatic heterocycles. The first-order valence-electron chi connectivity index (χ1n) is 8.32. The number of benzene rings is 2. The molecule has 1 fully saturated rings. The van der Waals surface area contributed by atoms with Crippen molar-refractivity contribution in [3.05, 3.63) is 58.7 Å². The molecule has 0 bridgehead atoms. The lowest BCUT2D eigenvalue weighted by molar-refractivity contribution is -0.122. The van der Waals surface area contributed by atoms with Crippen LogP contribution in [0.3, 0.4) is 0 Å². The molecule has 0 saturated carbocycles. The zero-order valence-corrected chi connectivity index (χ0v) is 14.7. The van der Waals surface area contributed by atoms with Gasteiger partial charge in [-0.3, -0.25) is 14.9 Å². The van der Waals surface area contributed by atoms with Crippen molar-refractivity contribution in [1.29, 1.82) is 0 Å². The van der Waals surface area contributed by atoms with E-state index in [0.29, 0.717) is 22.7 Å². The summed E-state index contributed by atoms with van der Waals surface area (Å²) < 4.78 is 10.7. The van der Waals surface area contributed by atoms with Crippen molar-refractivity contribution in [3.63, 3.8) is 0 Å². The Bertz CT molecular complexity index is 1010. The SMILES string of the molecule is Cc1ccc(N2C(=O)NC(=O)/C(=C\c3cc4c(cc3C)OCO4)C2=O)cc1. The quantitative estimate of drug-likeness (QED) is 0.654. The summed E-state index contributed by atoms with van der Waals surface area (Å²) in [5, 5.41) is 2.22. The Kier molecular flexibility index (Phi) is 3.92. The van der Waals surface area contributed by atoms with E-state index in [9.17, 15) is 14.4 Å². The van der Waals surface area contributed by atoms with Gasteiger partial charge in [0.15, 0.2) is 11.5 Å². The van der Waals surface area contributed by atoms with E-state index >= 15 is 0 Å². The number of aryl methyl sites for hydroxylation is 2. The Morgan fingerprint density at radius 2 is 1.67 bits per heavy atom. The average molecular weight is 364 g/mol. The molecular formula is C20H16N2O5. The fourth-order valence-corrected chi connectivity index (χ4v) is 2.96. The minimum absolute atomic E-state index is 0.128. The van der Waals surface area contributed by atoms with Crippen molar-refractivity contribution in [3.8, 4) is 11.5 Å². The Balaban J connectivity index is 1.75. The Hall–Kier alpha value is -3.61. The van der Waals surface area contributed by atoms with E-state index in [4.69, 9.17) is 9.47 Å². The summed E-state index contributed by atoms with van der Waals surface area (Å²) in [5.41, 5.74) is 2.70. The molecule has 1 saturated heterocycles. The molecule has 0 atom stereocenters. The van der Waals surface area contributed by atoms with Crippen molar-refractivity contribution < 1.29 is 23.9 Å². The molecule has 0 radical (unpaired) electrons. The number of hydrogen-bond acceptors (Lipinski definition) is 5. The molecule has 2 aromatic rings. The van der Waals surface area contributed by atoms with Crippen LogP contribution in [0.2, 0.25) is 0 Å². The lowest BCUT2D eigenvalue weighted by atomic mass is 10.0. The van der Waals surface area contributed by atoms with Gasteiger partial charge in [0.2, 0.25) is 6.79 Å². The van der Waals surface area contributed by atoms with Gasteiger partial charge in [-0.25, -0.2) is 9.69 Å². The number of urea groups is 1. The zero-order chi connectivity index (χ0) is 19.1. The lowest BCUT2D eigenvalue weighted by Crippen LogP contribution is -2.54. The van der Waals surface area contributed by atoms with Gasteiger partial charge in [0, 0.05) is 0 Å². The number of hydrogen-bond donors (Lipinski definition) is 1. The summed E-state index contributed by atoms with van der Waals surface area (Å²) in [4.78, 5) is 38.4.